The molecule has 0 aromatic heterocycles. The van der Waals surface area contributed by atoms with Gasteiger partial charge in [-0.15, -0.1) is 0 Å². The van der Waals surface area contributed by atoms with E-state index in [-0.39, 0.29) is 13.2 Å². The van der Waals surface area contributed by atoms with Gasteiger partial charge in [0.1, 0.15) is 25.0 Å². The van der Waals surface area contributed by atoms with Crippen molar-refractivity contribution < 1.29 is 37.4 Å². The molecule has 0 bridgehead atoms. The minimum absolute atomic E-state index is 0.0747. The maximum atomic E-state index is 12.3. The Bertz CT molecular complexity index is 997. The van der Waals surface area contributed by atoms with Gasteiger partial charge in [-0.05, 0) is 17.7 Å². The Morgan fingerprint density at radius 2 is 1.59 bits per heavy atom. The number of ether oxygens (including phenoxy) is 2. The molecule has 0 radical (unpaired) electrons. The molecule has 1 amide bonds. The van der Waals surface area contributed by atoms with Crippen molar-refractivity contribution in [3.63, 3.8) is 0 Å². The molecule has 2 aromatic rings. The second kappa shape index (κ2) is 12.4. The zero-order chi connectivity index (χ0) is 23.4. The van der Waals surface area contributed by atoms with Gasteiger partial charge in [0.25, 0.3) is 0 Å². The SMILES string of the molecule is O=C(O)CC(NC(=O)OCc1ccccc1)C(=O)CNS(=O)(=O)CCOc1ccccc1. The number of hydrogen-bond donors (Lipinski definition) is 3. The first kappa shape index (κ1) is 24.8. The van der Waals surface area contributed by atoms with Crippen LogP contribution in [0.5, 0.6) is 5.75 Å². The van der Waals surface area contributed by atoms with Crippen LogP contribution in [0.1, 0.15) is 12.0 Å². The molecule has 2 aromatic carbocycles. The van der Waals surface area contributed by atoms with Crippen molar-refractivity contribution in [2.24, 2.45) is 0 Å². The standard InChI is InChI=1S/C21H24N2O8S/c24-19(14-22-32(28,29)12-11-30-17-9-5-2-6-10-17)18(13-20(25)26)23-21(27)31-15-16-7-3-1-4-8-16/h1-10,18,22H,11-15H2,(H,23,27)(H,25,26). The molecule has 0 spiro atoms. The van der Waals surface area contributed by atoms with Crippen LogP contribution in [0.2, 0.25) is 0 Å². The van der Waals surface area contributed by atoms with Gasteiger partial charge in [0.05, 0.1) is 18.7 Å². The van der Waals surface area contributed by atoms with Crippen molar-refractivity contribution >= 4 is 27.9 Å². The lowest BCUT2D eigenvalue weighted by Crippen LogP contribution is -2.47. The number of benzene rings is 2. The van der Waals surface area contributed by atoms with Crippen LogP contribution in [-0.2, 0) is 31.0 Å². The summed E-state index contributed by atoms with van der Waals surface area (Å²) in [5.41, 5.74) is 0.703. The van der Waals surface area contributed by atoms with Gasteiger partial charge in [-0.3, -0.25) is 9.59 Å². The summed E-state index contributed by atoms with van der Waals surface area (Å²) < 4.78 is 36.5. The molecule has 0 aliphatic heterocycles. The number of carbonyl (C=O) groups excluding carboxylic acids is 2. The van der Waals surface area contributed by atoms with Crippen LogP contribution in [0, 0.1) is 0 Å². The van der Waals surface area contributed by atoms with Crippen molar-refractivity contribution in [1.29, 1.82) is 0 Å². The summed E-state index contributed by atoms with van der Waals surface area (Å²) >= 11 is 0. The van der Waals surface area contributed by atoms with Crippen LogP contribution in [0.15, 0.2) is 60.7 Å². The topological polar surface area (TPSA) is 148 Å². The summed E-state index contributed by atoms with van der Waals surface area (Å²) in [6.07, 6.45) is -1.72. The van der Waals surface area contributed by atoms with Gasteiger partial charge in [0, 0.05) is 0 Å². The average Bonchev–Trinajstić information content (AvgIpc) is 2.77. The van der Waals surface area contributed by atoms with E-state index in [1.54, 1.807) is 60.7 Å². The fraction of sp³-hybridized carbons (Fsp3) is 0.286. The molecule has 3 N–H and O–H groups in total. The second-order valence-electron chi connectivity index (χ2n) is 6.62. The van der Waals surface area contributed by atoms with E-state index in [1.165, 1.54) is 0 Å². The number of nitrogens with one attached hydrogen (secondary N) is 2. The van der Waals surface area contributed by atoms with Crippen molar-refractivity contribution in [3.8, 4) is 5.75 Å². The van der Waals surface area contributed by atoms with E-state index in [0.717, 1.165) is 0 Å². The number of carbonyl (C=O) groups is 3. The van der Waals surface area contributed by atoms with Crippen LogP contribution >= 0.6 is 0 Å². The molecule has 32 heavy (non-hydrogen) atoms. The highest BCUT2D eigenvalue weighted by Crippen LogP contribution is 2.08. The summed E-state index contributed by atoms with van der Waals surface area (Å²) in [5.74, 6) is -2.08. The Hall–Kier alpha value is -3.44. The smallest absolute Gasteiger partial charge is 0.408 e. The third-order valence-electron chi connectivity index (χ3n) is 4.10. The third-order valence-corrected chi connectivity index (χ3v) is 5.39. The van der Waals surface area contributed by atoms with Gasteiger partial charge in [0.2, 0.25) is 10.0 Å². The quantitative estimate of drug-likeness (QED) is 0.402. The highest BCUT2D eigenvalue weighted by molar-refractivity contribution is 7.89. The normalized spacial score (nSPS) is 11.9. The van der Waals surface area contributed by atoms with E-state index >= 15 is 0 Å². The summed E-state index contributed by atoms with van der Waals surface area (Å²) in [7, 11) is -3.87. The number of aliphatic carboxylic acids is 1. The number of carboxylic acid groups (broad SMARTS) is 1. The van der Waals surface area contributed by atoms with Crippen molar-refractivity contribution in [3.05, 3.63) is 66.2 Å². The highest BCUT2D eigenvalue weighted by atomic mass is 32.2. The predicted octanol–water partition coefficient (Wildman–Crippen LogP) is 1.32. The van der Waals surface area contributed by atoms with E-state index < -0.39 is 52.6 Å². The van der Waals surface area contributed by atoms with Crippen LogP contribution in [0.25, 0.3) is 0 Å². The van der Waals surface area contributed by atoms with Gasteiger partial charge in [0.15, 0.2) is 5.78 Å². The Kier molecular flexibility index (Phi) is 9.64. The van der Waals surface area contributed by atoms with Gasteiger partial charge in [-0.2, -0.15) is 0 Å². The molecule has 172 valence electrons. The van der Waals surface area contributed by atoms with Crippen LogP contribution in [-0.4, -0.2) is 56.3 Å². The van der Waals surface area contributed by atoms with Crippen molar-refractivity contribution in [2.45, 2.75) is 19.1 Å². The Balaban J connectivity index is 1.82. The fourth-order valence-electron chi connectivity index (χ4n) is 2.49. The first-order chi connectivity index (χ1) is 15.2. The molecule has 1 unspecified atom stereocenters. The Labute approximate surface area is 185 Å². The third kappa shape index (κ3) is 9.58. The molecule has 2 rings (SSSR count). The van der Waals surface area contributed by atoms with Gasteiger partial charge in [-0.25, -0.2) is 17.9 Å². The largest absolute Gasteiger partial charge is 0.492 e. The molecule has 11 heteroatoms. The zero-order valence-corrected chi connectivity index (χ0v) is 17.9. The number of ketones is 1. The van der Waals surface area contributed by atoms with E-state index in [4.69, 9.17) is 14.6 Å². The molecule has 0 saturated carbocycles. The van der Waals surface area contributed by atoms with Crippen LogP contribution < -0.4 is 14.8 Å². The Morgan fingerprint density at radius 1 is 0.969 bits per heavy atom. The summed E-state index contributed by atoms with van der Waals surface area (Å²) in [6.45, 7) is -0.907. The molecular weight excluding hydrogens is 440 g/mol. The number of Topliss-reactive ketones (excluding diaryl/α,β-unsaturated/α-hetero) is 1. The highest BCUT2D eigenvalue weighted by Gasteiger charge is 2.25. The maximum absolute atomic E-state index is 12.3. The lowest BCUT2D eigenvalue weighted by Gasteiger charge is -2.16. The molecule has 0 fully saturated rings. The molecule has 0 saturated heterocycles. The summed E-state index contributed by atoms with van der Waals surface area (Å²) in [5, 5.41) is 11.2. The number of para-hydroxylation sites is 1. The molecular formula is C21H24N2O8S. The molecule has 0 heterocycles. The maximum Gasteiger partial charge on any atom is 0.408 e. The van der Waals surface area contributed by atoms with E-state index in [0.29, 0.717) is 11.3 Å². The minimum Gasteiger partial charge on any atom is -0.492 e. The Morgan fingerprint density at radius 3 is 2.22 bits per heavy atom. The molecule has 0 aliphatic carbocycles. The minimum atomic E-state index is -3.87. The van der Waals surface area contributed by atoms with E-state index in [2.05, 4.69) is 10.0 Å². The first-order valence-electron chi connectivity index (χ1n) is 9.62. The van der Waals surface area contributed by atoms with Gasteiger partial charge in [-0.1, -0.05) is 48.5 Å². The van der Waals surface area contributed by atoms with Crippen LogP contribution in [0.4, 0.5) is 4.79 Å². The number of carboxylic acids is 1. The van der Waals surface area contributed by atoms with Crippen LogP contribution in [0.3, 0.4) is 0 Å². The van der Waals surface area contributed by atoms with Gasteiger partial charge >= 0.3 is 12.1 Å². The number of amides is 1. The monoisotopic (exact) mass is 464 g/mol. The average molecular weight is 464 g/mol. The number of alkyl carbamates (subject to hydrolysis) is 1. The fourth-order valence-corrected chi connectivity index (χ4v) is 3.30. The summed E-state index contributed by atoms with van der Waals surface area (Å²) in [4.78, 5) is 35.3. The number of rotatable bonds is 13. The lowest BCUT2D eigenvalue weighted by molar-refractivity contribution is -0.139. The predicted molar refractivity (Wildman–Crippen MR) is 115 cm³/mol. The van der Waals surface area contributed by atoms with E-state index in [9.17, 15) is 22.8 Å². The lowest BCUT2D eigenvalue weighted by atomic mass is 10.1. The molecule has 1 atom stereocenters. The second-order valence-corrected chi connectivity index (χ2v) is 8.55. The number of hydrogen-bond acceptors (Lipinski definition) is 7. The zero-order valence-electron chi connectivity index (χ0n) is 17.1. The summed E-state index contributed by atoms with van der Waals surface area (Å²) in [6, 6.07) is 15.9. The van der Waals surface area contributed by atoms with E-state index in [1.807, 2.05) is 0 Å². The molecule has 10 nitrogen and oxygen atoms in total. The number of sulfonamides is 1. The molecule has 0 aliphatic rings. The van der Waals surface area contributed by atoms with Crippen molar-refractivity contribution in [2.75, 3.05) is 18.9 Å². The van der Waals surface area contributed by atoms with Gasteiger partial charge < -0.3 is 19.9 Å². The van der Waals surface area contributed by atoms with Crippen molar-refractivity contribution in [1.82, 2.24) is 10.0 Å². The first-order valence-corrected chi connectivity index (χ1v) is 11.3.